The van der Waals surface area contributed by atoms with Crippen molar-refractivity contribution in [2.24, 2.45) is 0 Å². The van der Waals surface area contributed by atoms with Gasteiger partial charge in [-0.15, -0.1) is 0 Å². The summed E-state index contributed by atoms with van der Waals surface area (Å²) in [6.45, 7) is 2.51. The molecule has 1 aromatic heterocycles. The zero-order valence-electron chi connectivity index (χ0n) is 12.9. The Morgan fingerprint density at radius 2 is 2.00 bits per heavy atom. The van der Waals surface area contributed by atoms with Crippen molar-refractivity contribution in [3.05, 3.63) is 52.9 Å². The SMILES string of the molecule is CCOc1cc(C=Cc2nc3cc(Cl)ccc3o2)ccc1OC. The van der Waals surface area contributed by atoms with Gasteiger partial charge in [0.25, 0.3) is 0 Å². The number of fused-ring (bicyclic) bond motifs is 1. The van der Waals surface area contributed by atoms with E-state index in [1.807, 2.05) is 43.3 Å². The van der Waals surface area contributed by atoms with E-state index in [1.165, 1.54) is 0 Å². The Bertz CT molecular complexity index is 855. The molecule has 0 aliphatic rings. The van der Waals surface area contributed by atoms with Crippen LogP contribution in [0.1, 0.15) is 18.4 Å². The molecule has 0 amide bonds. The van der Waals surface area contributed by atoms with Crippen molar-refractivity contribution in [3.8, 4) is 11.5 Å². The molecule has 2 aromatic carbocycles. The number of hydrogen-bond acceptors (Lipinski definition) is 4. The number of hydrogen-bond donors (Lipinski definition) is 0. The normalized spacial score (nSPS) is 11.3. The number of oxazole rings is 1. The second-order valence-electron chi connectivity index (χ2n) is 4.84. The monoisotopic (exact) mass is 329 g/mol. The maximum Gasteiger partial charge on any atom is 0.220 e. The molecule has 5 heteroatoms. The lowest BCUT2D eigenvalue weighted by Gasteiger charge is -2.09. The maximum atomic E-state index is 5.95. The van der Waals surface area contributed by atoms with Gasteiger partial charge in [0, 0.05) is 11.1 Å². The second kappa shape index (κ2) is 6.75. The third-order valence-electron chi connectivity index (χ3n) is 3.27. The van der Waals surface area contributed by atoms with Gasteiger partial charge >= 0.3 is 0 Å². The van der Waals surface area contributed by atoms with Crippen molar-refractivity contribution in [1.29, 1.82) is 0 Å². The van der Waals surface area contributed by atoms with E-state index in [9.17, 15) is 0 Å². The molecule has 0 fully saturated rings. The molecule has 0 saturated carbocycles. The van der Waals surface area contributed by atoms with Gasteiger partial charge in [-0.1, -0.05) is 17.7 Å². The topological polar surface area (TPSA) is 44.5 Å². The number of halogens is 1. The van der Waals surface area contributed by atoms with E-state index in [4.69, 9.17) is 25.5 Å². The van der Waals surface area contributed by atoms with Gasteiger partial charge in [0.15, 0.2) is 17.1 Å². The van der Waals surface area contributed by atoms with Crippen LogP contribution in [0.25, 0.3) is 23.3 Å². The molecular weight excluding hydrogens is 314 g/mol. The zero-order chi connectivity index (χ0) is 16.2. The Morgan fingerprint density at radius 3 is 2.78 bits per heavy atom. The first kappa shape index (κ1) is 15.4. The fraction of sp³-hybridized carbons (Fsp3) is 0.167. The summed E-state index contributed by atoms with van der Waals surface area (Å²) in [5, 5.41) is 0.637. The first-order valence-electron chi connectivity index (χ1n) is 7.24. The lowest BCUT2D eigenvalue weighted by molar-refractivity contribution is 0.311. The predicted octanol–water partition coefficient (Wildman–Crippen LogP) is 5.06. The molecule has 0 bridgehead atoms. The Labute approximate surface area is 139 Å². The van der Waals surface area contributed by atoms with E-state index in [-0.39, 0.29) is 0 Å². The molecule has 0 aliphatic carbocycles. The van der Waals surface area contributed by atoms with E-state index in [0.717, 1.165) is 11.1 Å². The standard InChI is InChI=1S/C18H16ClNO3/c1-3-22-17-10-12(4-7-16(17)21-2)5-9-18-20-14-11-13(19)6-8-15(14)23-18/h4-11H,3H2,1-2H3. The van der Waals surface area contributed by atoms with E-state index >= 15 is 0 Å². The molecule has 0 saturated heterocycles. The van der Waals surface area contributed by atoms with Gasteiger partial charge in [0.1, 0.15) is 5.52 Å². The highest BCUT2D eigenvalue weighted by atomic mass is 35.5. The number of ether oxygens (including phenoxy) is 2. The van der Waals surface area contributed by atoms with Crippen LogP contribution < -0.4 is 9.47 Å². The molecule has 0 spiro atoms. The van der Waals surface area contributed by atoms with Crippen molar-refractivity contribution in [2.75, 3.05) is 13.7 Å². The number of methoxy groups -OCH3 is 1. The quantitative estimate of drug-likeness (QED) is 0.656. The average molecular weight is 330 g/mol. The van der Waals surface area contributed by atoms with Gasteiger partial charge in [0.05, 0.1) is 13.7 Å². The molecule has 3 aromatic rings. The molecule has 4 nitrogen and oxygen atoms in total. The van der Waals surface area contributed by atoms with Crippen LogP contribution in [0.3, 0.4) is 0 Å². The number of nitrogens with zero attached hydrogens (tertiary/aromatic N) is 1. The average Bonchev–Trinajstić information content (AvgIpc) is 2.95. The minimum atomic E-state index is 0.524. The lowest BCUT2D eigenvalue weighted by atomic mass is 10.2. The van der Waals surface area contributed by atoms with Crippen LogP contribution in [-0.4, -0.2) is 18.7 Å². The largest absolute Gasteiger partial charge is 0.493 e. The van der Waals surface area contributed by atoms with Crippen molar-refractivity contribution in [2.45, 2.75) is 6.92 Å². The van der Waals surface area contributed by atoms with Crippen molar-refractivity contribution < 1.29 is 13.9 Å². The summed E-state index contributed by atoms with van der Waals surface area (Å²) >= 11 is 5.95. The van der Waals surface area contributed by atoms with Gasteiger partial charge in [-0.2, -0.15) is 0 Å². The first-order valence-corrected chi connectivity index (χ1v) is 7.62. The van der Waals surface area contributed by atoms with E-state index in [1.54, 1.807) is 19.2 Å². The highest BCUT2D eigenvalue weighted by Crippen LogP contribution is 2.29. The summed E-state index contributed by atoms with van der Waals surface area (Å²) < 4.78 is 16.5. The van der Waals surface area contributed by atoms with Crippen LogP contribution in [0, 0.1) is 0 Å². The lowest BCUT2D eigenvalue weighted by Crippen LogP contribution is -1.95. The third kappa shape index (κ3) is 3.48. The van der Waals surface area contributed by atoms with Gasteiger partial charge in [-0.3, -0.25) is 0 Å². The van der Waals surface area contributed by atoms with Crippen LogP contribution in [0.15, 0.2) is 40.8 Å². The fourth-order valence-corrected chi connectivity index (χ4v) is 2.39. The molecule has 118 valence electrons. The van der Waals surface area contributed by atoms with Gasteiger partial charge in [-0.05, 0) is 48.9 Å². The van der Waals surface area contributed by atoms with Crippen molar-refractivity contribution >= 4 is 34.9 Å². The molecule has 1 heterocycles. The van der Waals surface area contributed by atoms with Gasteiger partial charge < -0.3 is 13.9 Å². The van der Waals surface area contributed by atoms with E-state index in [0.29, 0.717) is 34.6 Å². The van der Waals surface area contributed by atoms with Gasteiger partial charge in [0.2, 0.25) is 5.89 Å². The molecule has 0 radical (unpaired) electrons. The highest BCUT2D eigenvalue weighted by Gasteiger charge is 2.05. The zero-order valence-corrected chi connectivity index (χ0v) is 13.6. The van der Waals surface area contributed by atoms with Crippen LogP contribution in [-0.2, 0) is 0 Å². The number of aromatic nitrogens is 1. The molecule has 3 rings (SSSR count). The summed E-state index contributed by atoms with van der Waals surface area (Å²) in [4.78, 5) is 4.39. The maximum absolute atomic E-state index is 5.95. The molecule has 23 heavy (non-hydrogen) atoms. The summed E-state index contributed by atoms with van der Waals surface area (Å²) in [5.74, 6) is 1.94. The Morgan fingerprint density at radius 1 is 1.13 bits per heavy atom. The van der Waals surface area contributed by atoms with Crippen LogP contribution >= 0.6 is 11.6 Å². The highest BCUT2D eigenvalue weighted by molar-refractivity contribution is 6.31. The minimum absolute atomic E-state index is 0.524. The molecule has 0 unspecified atom stereocenters. The Balaban J connectivity index is 1.87. The Hall–Kier alpha value is -2.46. The van der Waals surface area contributed by atoms with Crippen LogP contribution in [0.4, 0.5) is 0 Å². The fourth-order valence-electron chi connectivity index (χ4n) is 2.22. The van der Waals surface area contributed by atoms with E-state index in [2.05, 4.69) is 4.98 Å². The summed E-state index contributed by atoms with van der Waals surface area (Å²) in [6, 6.07) is 11.1. The van der Waals surface area contributed by atoms with Crippen LogP contribution in [0.5, 0.6) is 11.5 Å². The molecule has 0 atom stereocenters. The van der Waals surface area contributed by atoms with Crippen molar-refractivity contribution in [1.82, 2.24) is 4.98 Å². The molecule has 0 N–H and O–H groups in total. The van der Waals surface area contributed by atoms with E-state index < -0.39 is 0 Å². The second-order valence-corrected chi connectivity index (χ2v) is 5.28. The third-order valence-corrected chi connectivity index (χ3v) is 3.51. The smallest absolute Gasteiger partial charge is 0.220 e. The minimum Gasteiger partial charge on any atom is -0.493 e. The summed E-state index contributed by atoms with van der Waals surface area (Å²) in [5.41, 5.74) is 2.41. The van der Waals surface area contributed by atoms with Crippen molar-refractivity contribution in [3.63, 3.8) is 0 Å². The first-order chi connectivity index (χ1) is 11.2. The Kier molecular flexibility index (Phi) is 4.53. The van der Waals surface area contributed by atoms with Crippen LogP contribution in [0.2, 0.25) is 5.02 Å². The molecular formula is C18H16ClNO3. The number of benzene rings is 2. The molecule has 0 aliphatic heterocycles. The summed E-state index contributed by atoms with van der Waals surface area (Å²) in [7, 11) is 1.62. The summed E-state index contributed by atoms with van der Waals surface area (Å²) in [6.07, 6.45) is 3.72. The predicted molar refractivity (Wildman–Crippen MR) is 92.1 cm³/mol. The van der Waals surface area contributed by atoms with Gasteiger partial charge in [-0.25, -0.2) is 4.98 Å². The number of rotatable bonds is 5.